The molecule has 0 aliphatic rings. The van der Waals surface area contributed by atoms with Gasteiger partial charge in [0.05, 0.1) is 6.54 Å². The smallest absolute Gasteiger partial charge is 0.191 e. The minimum absolute atomic E-state index is 0. The molecule has 0 saturated carbocycles. The summed E-state index contributed by atoms with van der Waals surface area (Å²) in [6, 6.07) is 16.7. The van der Waals surface area contributed by atoms with Crippen molar-refractivity contribution in [3.8, 4) is 0 Å². The molecule has 0 fully saturated rings. The average molecular weight is 479 g/mol. The van der Waals surface area contributed by atoms with Gasteiger partial charge in [0.15, 0.2) is 5.96 Å². The molecule has 1 aromatic heterocycles. The molecule has 0 atom stereocenters. The molecule has 0 spiro atoms. The number of aromatic nitrogens is 2. The van der Waals surface area contributed by atoms with Crippen LogP contribution in [-0.2, 0) is 19.6 Å². The lowest BCUT2D eigenvalue weighted by atomic mass is 10.1. The standard InChI is InChI=1S/C20H22FN5.HI/c1-22-20(23-13-16-6-4-9-19(21)12-16)24-14-17-7-2-3-8-18(17)15-26-11-5-10-25-26;/h2-12H,13-15H2,1H3,(H2,22,23,24);1H. The summed E-state index contributed by atoms with van der Waals surface area (Å²) in [7, 11) is 1.72. The van der Waals surface area contributed by atoms with Gasteiger partial charge in [-0.05, 0) is 34.9 Å². The predicted octanol–water partition coefficient (Wildman–Crippen LogP) is 3.55. The Labute approximate surface area is 175 Å². The lowest BCUT2D eigenvalue weighted by Gasteiger charge is -2.14. The molecule has 2 aromatic carbocycles. The molecule has 0 aliphatic carbocycles. The third-order valence-corrected chi connectivity index (χ3v) is 4.03. The maximum atomic E-state index is 13.3. The molecular formula is C20H23FIN5. The summed E-state index contributed by atoms with van der Waals surface area (Å²) >= 11 is 0. The number of hydrogen-bond acceptors (Lipinski definition) is 2. The Hall–Kier alpha value is -2.42. The summed E-state index contributed by atoms with van der Waals surface area (Å²) in [5, 5.41) is 10.8. The van der Waals surface area contributed by atoms with Gasteiger partial charge in [0.2, 0.25) is 0 Å². The molecule has 1 heterocycles. The highest BCUT2D eigenvalue weighted by Gasteiger charge is 2.05. The van der Waals surface area contributed by atoms with E-state index >= 15 is 0 Å². The van der Waals surface area contributed by atoms with Crippen LogP contribution in [0.3, 0.4) is 0 Å². The van der Waals surface area contributed by atoms with Gasteiger partial charge in [0.1, 0.15) is 5.82 Å². The third-order valence-electron chi connectivity index (χ3n) is 4.03. The van der Waals surface area contributed by atoms with Crippen LogP contribution in [0.2, 0.25) is 0 Å². The SMILES string of the molecule is CN=C(NCc1cccc(F)c1)NCc1ccccc1Cn1cccn1.I. The molecule has 142 valence electrons. The number of nitrogens with zero attached hydrogens (tertiary/aromatic N) is 3. The first kappa shape index (κ1) is 20.9. The molecule has 0 saturated heterocycles. The Kier molecular flexibility index (Phi) is 8.25. The van der Waals surface area contributed by atoms with Crippen LogP contribution >= 0.6 is 24.0 Å². The van der Waals surface area contributed by atoms with Gasteiger partial charge in [-0.3, -0.25) is 9.67 Å². The molecule has 7 heteroatoms. The molecule has 5 nitrogen and oxygen atoms in total. The molecule has 0 amide bonds. The van der Waals surface area contributed by atoms with Crippen molar-refractivity contribution >= 4 is 29.9 Å². The van der Waals surface area contributed by atoms with Gasteiger partial charge in [0.25, 0.3) is 0 Å². The molecule has 2 N–H and O–H groups in total. The van der Waals surface area contributed by atoms with Crippen LogP contribution in [0.25, 0.3) is 0 Å². The van der Waals surface area contributed by atoms with Crippen molar-refractivity contribution in [2.24, 2.45) is 4.99 Å². The number of guanidine groups is 1. The third kappa shape index (κ3) is 6.35. The maximum Gasteiger partial charge on any atom is 0.191 e. The molecule has 0 bridgehead atoms. The largest absolute Gasteiger partial charge is 0.352 e. The molecule has 0 aliphatic heterocycles. The van der Waals surface area contributed by atoms with Crippen LogP contribution in [0, 0.1) is 5.82 Å². The molecule has 0 radical (unpaired) electrons. The second-order valence-corrected chi connectivity index (χ2v) is 5.88. The van der Waals surface area contributed by atoms with E-state index < -0.39 is 0 Å². The molecule has 27 heavy (non-hydrogen) atoms. The van der Waals surface area contributed by atoms with Gasteiger partial charge in [-0.2, -0.15) is 5.10 Å². The van der Waals surface area contributed by atoms with E-state index in [9.17, 15) is 4.39 Å². The van der Waals surface area contributed by atoms with E-state index in [4.69, 9.17) is 0 Å². The Morgan fingerprint density at radius 2 is 1.81 bits per heavy atom. The van der Waals surface area contributed by atoms with Crippen molar-refractivity contribution < 1.29 is 4.39 Å². The molecule has 3 rings (SSSR count). The fraction of sp³-hybridized carbons (Fsp3) is 0.200. The van der Waals surface area contributed by atoms with Gasteiger partial charge in [-0.25, -0.2) is 4.39 Å². The van der Waals surface area contributed by atoms with Crippen LogP contribution in [0.15, 0.2) is 72.0 Å². The van der Waals surface area contributed by atoms with Gasteiger partial charge < -0.3 is 10.6 Å². The Balaban J connectivity index is 0.00000261. The van der Waals surface area contributed by atoms with Gasteiger partial charge in [0, 0.05) is 32.5 Å². The van der Waals surface area contributed by atoms with Crippen molar-refractivity contribution in [2.75, 3.05) is 7.05 Å². The number of rotatable bonds is 6. The van der Waals surface area contributed by atoms with Gasteiger partial charge in [-0.1, -0.05) is 36.4 Å². The van der Waals surface area contributed by atoms with Crippen molar-refractivity contribution in [1.82, 2.24) is 20.4 Å². The summed E-state index contributed by atoms with van der Waals surface area (Å²) in [5.74, 6) is 0.433. The topological polar surface area (TPSA) is 54.2 Å². The zero-order valence-electron chi connectivity index (χ0n) is 15.1. The van der Waals surface area contributed by atoms with Crippen LogP contribution in [0.4, 0.5) is 4.39 Å². The minimum Gasteiger partial charge on any atom is -0.352 e. The first-order valence-electron chi connectivity index (χ1n) is 8.48. The van der Waals surface area contributed by atoms with Gasteiger partial charge in [-0.15, -0.1) is 24.0 Å². The number of hydrogen-bond donors (Lipinski definition) is 2. The van der Waals surface area contributed by atoms with E-state index in [2.05, 4.69) is 32.9 Å². The molecular weight excluding hydrogens is 456 g/mol. The van der Waals surface area contributed by atoms with E-state index in [0.29, 0.717) is 19.0 Å². The van der Waals surface area contributed by atoms with E-state index in [1.54, 1.807) is 19.3 Å². The molecule has 3 aromatic rings. The quantitative estimate of drug-likeness (QED) is 0.323. The first-order valence-corrected chi connectivity index (χ1v) is 8.48. The van der Waals surface area contributed by atoms with Crippen molar-refractivity contribution in [2.45, 2.75) is 19.6 Å². The van der Waals surface area contributed by atoms with Crippen molar-refractivity contribution in [3.05, 3.63) is 89.5 Å². The monoisotopic (exact) mass is 479 g/mol. The van der Waals surface area contributed by atoms with E-state index in [1.165, 1.54) is 23.3 Å². The lowest BCUT2D eigenvalue weighted by Crippen LogP contribution is -2.36. The van der Waals surface area contributed by atoms with E-state index in [1.807, 2.05) is 35.1 Å². The van der Waals surface area contributed by atoms with E-state index in [-0.39, 0.29) is 29.8 Å². The Bertz CT molecular complexity index is 864. The second kappa shape index (κ2) is 10.7. The Morgan fingerprint density at radius 1 is 1.04 bits per heavy atom. The van der Waals surface area contributed by atoms with Crippen LogP contribution in [0.5, 0.6) is 0 Å². The normalized spacial score (nSPS) is 11.0. The van der Waals surface area contributed by atoms with Gasteiger partial charge >= 0.3 is 0 Å². The number of aliphatic imine (C=N–C) groups is 1. The highest BCUT2D eigenvalue weighted by molar-refractivity contribution is 14.0. The number of benzene rings is 2. The number of halogens is 2. The lowest BCUT2D eigenvalue weighted by molar-refractivity contribution is 0.624. The van der Waals surface area contributed by atoms with Crippen molar-refractivity contribution in [3.63, 3.8) is 0 Å². The first-order chi connectivity index (χ1) is 12.7. The van der Waals surface area contributed by atoms with Crippen molar-refractivity contribution in [1.29, 1.82) is 0 Å². The summed E-state index contributed by atoms with van der Waals surface area (Å²) < 4.78 is 15.2. The average Bonchev–Trinajstić information content (AvgIpc) is 3.16. The summed E-state index contributed by atoms with van der Waals surface area (Å²) in [6.07, 6.45) is 3.72. The van der Waals surface area contributed by atoms with Crippen LogP contribution < -0.4 is 10.6 Å². The zero-order chi connectivity index (χ0) is 18.2. The predicted molar refractivity (Wildman–Crippen MR) is 117 cm³/mol. The fourth-order valence-corrected chi connectivity index (χ4v) is 2.68. The Morgan fingerprint density at radius 3 is 2.52 bits per heavy atom. The van der Waals surface area contributed by atoms with Crippen LogP contribution in [0.1, 0.15) is 16.7 Å². The highest BCUT2D eigenvalue weighted by atomic mass is 127. The highest BCUT2D eigenvalue weighted by Crippen LogP contribution is 2.10. The zero-order valence-corrected chi connectivity index (χ0v) is 17.4. The van der Waals surface area contributed by atoms with Crippen LogP contribution in [-0.4, -0.2) is 22.8 Å². The molecule has 0 unspecified atom stereocenters. The summed E-state index contributed by atoms with van der Waals surface area (Å²) in [4.78, 5) is 4.23. The second-order valence-electron chi connectivity index (χ2n) is 5.88. The maximum absolute atomic E-state index is 13.3. The number of nitrogens with one attached hydrogen (secondary N) is 2. The summed E-state index contributed by atoms with van der Waals surface area (Å²) in [6.45, 7) is 1.87. The van der Waals surface area contributed by atoms with E-state index in [0.717, 1.165) is 12.1 Å². The summed E-state index contributed by atoms with van der Waals surface area (Å²) in [5.41, 5.74) is 3.24. The minimum atomic E-state index is -0.236. The fourth-order valence-electron chi connectivity index (χ4n) is 2.68.